The maximum atomic E-state index is 11.4. The minimum absolute atomic E-state index is 0.158. The van der Waals surface area contributed by atoms with E-state index < -0.39 is 11.3 Å². The van der Waals surface area contributed by atoms with E-state index in [4.69, 9.17) is 0 Å². The van der Waals surface area contributed by atoms with Gasteiger partial charge < -0.3 is 4.74 Å². The number of imide groups is 1. The number of carbonyl (C=O) groups excluding carboxylic acids is 3. The molecule has 2 amide bonds. The van der Waals surface area contributed by atoms with Gasteiger partial charge in [0.15, 0.2) is 0 Å². The molecule has 0 aromatic heterocycles. The Morgan fingerprint density at radius 3 is 2.47 bits per heavy atom. The normalized spacial score (nSPS) is 23.8. The number of amides is 2. The molecule has 0 aromatic rings. The molecule has 1 saturated heterocycles. The van der Waals surface area contributed by atoms with E-state index in [2.05, 4.69) is 10.1 Å². The topological polar surface area (TPSA) is 72.5 Å². The second kappa shape index (κ2) is 4.00. The van der Waals surface area contributed by atoms with E-state index >= 15 is 0 Å². The van der Waals surface area contributed by atoms with E-state index in [-0.39, 0.29) is 24.2 Å². The molecule has 0 spiro atoms. The highest BCUT2D eigenvalue weighted by atomic mass is 16.5. The van der Waals surface area contributed by atoms with Crippen molar-refractivity contribution in [2.45, 2.75) is 26.7 Å². The summed E-state index contributed by atoms with van der Waals surface area (Å²) in [4.78, 5) is 33.7. The molecule has 0 radical (unpaired) electrons. The quantitative estimate of drug-likeness (QED) is 0.538. The number of esters is 1. The predicted molar refractivity (Wildman–Crippen MR) is 51.7 cm³/mol. The second-order valence-electron chi connectivity index (χ2n) is 4.21. The molecule has 1 aliphatic rings. The minimum atomic E-state index is -0.731. The summed E-state index contributed by atoms with van der Waals surface area (Å²) in [6.45, 7) is 3.41. The van der Waals surface area contributed by atoms with Gasteiger partial charge in [-0.25, -0.2) is 0 Å². The van der Waals surface area contributed by atoms with Crippen molar-refractivity contribution in [2.24, 2.45) is 11.3 Å². The molecule has 0 aromatic carbocycles. The molecule has 15 heavy (non-hydrogen) atoms. The van der Waals surface area contributed by atoms with Crippen molar-refractivity contribution in [1.82, 2.24) is 5.32 Å². The molecular formula is C10H15NO4. The lowest BCUT2D eigenvalue weighted by Crippen LogP contribution is -2.28. The zero-order valence-electron chi connectivity index (χ0n) is 9.12. The third-order valence-electron chi connectivity index (χ3n) is 2.87. The summed E-state index contributed by atoms with van der Waals surface area (Å²) in [6, 6.07) is 0. The van der Waals surface area contributed by atoms with Crippen LogP contribution in [-0.4, -0.2) is 24.9 Å². The van der Waals surface area contributed by atoms with Crippen LogP contribution in [0.2, 0.25) is 0 Å². The summed E-state index contributed by atoms with van der Waals surface area (Å²) in [7, 11) is 1.30. The maximum Gasteiger partial charge on any atom is 0.305 e. The fraction of sp³-hybridized carbons (Fsp3) is 0.700. The van der Waals surface area contributed by atoms with Crippen molar-refractivity contribution in [1.29, 1.82) is 0 Å². The largest absolute Gasteiger partial charge is 0.469 e. The fourth-order valence-electron chi connectivity index (χ4n) is 1.70. The first-order chi connectivity index (χ1) is 6.89. The van der Waals surface area contributed by atoms with Crippen LogP contribution >= 0.6 is 0 Å². The Hall–Kier alpha value is -1.39. The lowest BCUT2D eigenvalue weighted by atomic mass is 9.78. The van der Waals surface area contributed by atoms with Crippen molar-refractivity contribution < 1.29 is 19.1 Å². The zero-order valence-corrected chi connectivity index (χ0v) is 9.12. The van der Waals surface area contributed by atoms with Gasteiger partial charge in [0.05, 0.1) is 18.4 Å². The van der Waals surface area contributed by atoms with Crippen LogP contribution < -0.4 is 5.32 Å². The van der Waals surface area contributed by atoms with Crippen molar-refractivity contribution in [3.8, 4) is 0 Å². The van der Waals surface area contributed by atoms with Gasteiger partial charge in [-0.1, -0.05) is 13.8 Å². The highest BCUT2D eigenvalue weighted by molar-refractivity contribution is 6.07. The Morgan fingerprint density at radius 1 is 1.47 bits per heavy atom. The van der Waals surface area contributed by atoms with Gasteiger partial charge in [0.25, 0.3) is 0 Å². The number of hydrogen-bond donors (Lipinski definition) is 1. The molecule has 1 rings (SSSR count). The minimum Gasteiger partial charge on any atom is -0.469 e. The Kier molecular flexibility index (Phi) is 3.12. The zero-order chi connectivity index (χ0) is 11.6. The second-order valence-corrected chi connectivity index (χ2v) is 4.21. The summed E-state index contributed by atoms with van der Waals surface area (Å²) in [5.74, 6) is -1.38. The summed E-state index contributed by atoms with van der Waals surface area (Å²) in [6.07, 6.45) is 0.503. The molecule has 5 heteroatoms. The highest BCUT2D eigenvalue weighted by Crippen LogP contribution is 2.35. The van der Waals surface area contributed by atoms with E-state index in [1.807, 2.05) is 0 Å². The maximum absolute atomic E-state index is 11.4. The monoisotopic (exact) mass is 213 g/mol. The van der Waals surface area contributed by atoms with Gasteiger partial charge in [-0.15, -0.1) is 0 Å². The molecule has 1 aliphatic heterocycles. The highest BCUT2D eigenvalue weighted by Gasteiger charge is 2.47. The molecule has 0 aliphatic carbocycles. The molecule has 1 N–H and O–H groups in total. The van der Waals surface area contributed by atoms with Crippen molar-refractivity contribution >= 4 is 17.8 Å². The number of rotatable bonds is 3. The average Bonchev–Trinajstić information content (AvgIpc) is 2.34. The van der Waals surface area contributed by atoms with Gasteiger partial charge in [0, 0.05) is 6.42 Å². The Labute approximate surface area is 88.2 Å². The summed E-state index contributed by atoms with van der Waals surface area (Å²) >= 11 is 0. The number of ether oxygens (including phenoxy) is 1. The number of hydrogen-bond acceptors (Lipinski definition) is 4. The standard InChI is InChI=1S/C10H15NO4/c1-10(2)6(4-5-7(12)15-3)8(13)11-9(10)14/h6H,4-5H2,1-3H3,(H,11,13,14)/t6-/m0/s1. The van der Waals surface area contributed by atoms with Crippen molar-refractivity contribution in [2.75, 3.05) is 7.11 Å². The van der Waals surface area contributed by atoms with Gasteiger partial charge in [-0.2, -0.15) is 0 Å². The molecule has 1 atom stereocenters. The molecule has 0 saturated carbocycles. The lowest BCUT2D eigenvalue weighted by molar-refractivity contribution is -0.141. The third-order valence-corrected chi connectivity index (χ3v) is 2.87. The first kappa shape index (κ1) is 11.7. The van der Waals surface area contributed by atoms with Crippen molar-refractivity contribution in [3.05, 3.63) is 0 Å². The van der Waals surface area contributed by atoms with Crippen LogP contribution in [0.15, 0.2) is 0 Å². The number of carbonyl (C=O) groups is 3. The number of nitrogens with one attached hydrogen (secondary N) is 1. The van der Waals surface area contributed by atoms with E-state index in [1.54, 1.807) is 13.8 Å². The fourth-order valence-corrected chi connectivity index (χ4v) is 1.70. The Morgan fingerprint density at radius 2 is 2.07 bits per heavy atom. The predicted octanol–water partition coefficient (Wildman–Crippen LogP) is 0.238. The SMILES string of the molecule is COC(=O)CC[C@H]1C(=O)NC(=O)C1(C)C. The average molecular weight is 213 g/mol. The van der Waals surface area contributed by atoms with Crippen molar-refractivity contribution in [3.63, 3.8) is 0 Å². The first-order valence-electron chi connectivity index (χ1n) is 4.81. The molecule has 0 bridgehead atoms. The number of methoxy groups -OCH3 is 1. The van der Waals surface area contributed by atoms with Gasteiger partial charge in [-0.05, 0) is 6.42 Å². The van der Waals surface area contributed by atoms with E-state index in [0.717, 1.165) is 0 Å². The Bertz CT molecular complexity index is 309. The molecule has 1 fully saturated rings. The first-order valence-corrected chi connectivity index (χ1v) is 4.81. The smallest absolute Gasteiger partial charge is 0.305 e. The summed E-state index contributed by atoms with van der Waals surface area (Å²) in [5, 5.41) is 2.27. The van der Waals surface area contributed by atoms with Crippen LogP contribution in [-0.2, 0) is 19.1 Å². The van der Waals surface area contributed by atoms with Crippen LogP contribution in [0.3, 0.4) is 0 Å². The van der Waals surface area contributed by atoms with Crippen LogP contribution in [0.25, 0.3) is 0 Å². The molecular weight excluding hydrogens is 198 g/mol. The van der Waals surface area contributed by atoms with Crippen LogP contribution in [0.1, 0.15) is 26.7 Å². The van der Waals surface area contributed by atoms with Gasteiger partial charge >= 0.3 is 5.97 Å². The molecule has 5 nitrogen and oxygen atoms in total. The lowest BCUT2D eigenvalue weighted by Gasteiger charge is -2.20. The van der Waals surface area contributed by atoms with Crippen LogP contribution in [0.4, 0.5) is 0 Å². The van der Waals surface area contributed by atoms with E-state index in [0.29, 0.717) is 6.42 Å². The van der Waals surface area contributed by atoms with Gasteiger partial charge in [0.2, 0.25) is 11.8 Å². The van der Waals surface area contributed by atoms with Gasteiger partial charge in [0.1, 0.15) is 0 Å². The summed E-state index contributed by atoms with van der Waals surface area (Å²) < 4.78 is 4.48. The summed E-state index contributed by atoms with van der Waals surface area (Å²) in [5.41, 5.74) is -0.731. The molecule has 1 heterocycles. The van der Waals surface area contributed by atoms with E-state index in [1.165, 1.54) is 7.11 Å². The van der Waals surface area contributed by atoms with Gasteiger partial charge in [-0.3, -0.25) is 19.7 Å². The third kappa shape index (κ3) is 2.16. The van der Waals surface area contributed by atoms with Crippen LogP contribution in [0, 0.1) is 11.3 Å². The molecule has 0 unspecified atom stereocenters. The Balaban J connectivity index is 2.65. The van der Waals surface area contributed by atoms with Crippen LogP contribution in [0.5, 0.6) is 0 Å². The molecule has 84 valence electrons. The van der Waals surface area contributed by atoms with E-state index in [9.17, 15) is 14.4 Å².